The molecule has 0 unspecified atom stereocenters. The van der Waals surface area contributed by atoms with E-state index in [-0.39, 0.29) is 0 Å². The van der Waals surface area contributed by atoms with Crippen LogP contribution in [0.5, 0.6) is 0 Å². The molecule has 9 heavy (non-hydrogen) atoms. The Hall–Kier alpha value is -1.20. The Balaban J connectivity index is 3.60. The highest BCUT2D eigenvalue weighted by molar-refractivity contribution is 5.09. The van der Waals surface area contributed by atoms with E-state index in [9.17, 15) is 0 Å². The van der Waals surface area contributed by atoms with Gasteiger partial charge in [0.15, 0.2) is 0 Å². The lowest BCUT2D eigenvalue weighted by Gasteiger charge is -1.66. The van der Waals surface area contributed by atoms with Crippen LogP contribution in [0.15, 0.2) is 42.3 Å². The van der Waals surface area contributed by atoms with E-state index in [0.29, 0.717) is 0 Å². The molecule has 0 spiro atoms. The van der Waals surface area contributed by atoms with Gasteiger partial charge in [0.2, 0.25) is 0 Å². The van der Waals surface area contributed by atoms with E-state index in [4.69, 9.17) is 5.73 Å². The smallest absolute Gasteiger partial charge is 0.0371 e. The number of rotatable bonds is 2. The standard InChI is InChI=1S/C8H11N/c1-2-3-4-5-6-7-8-9/h2-6,8H,9H2,1H3/b3-2-,5-4-. The number of hydrogen-bond acceptors (Lipinski definition) is 1. The average molecular weight is 121 g/mol. The van der Waals surface area contributed by atoms with Crippen LogP contribution < -0.4 is 5.73 Å². The highest BCUT2D eigenvalue weighted by Crippen LogP contribution is 1.76. The SMILES string of the molecule is C/C=C\C=C/C=C=CN. The zero-order valence-electron chi connectivity index (χ0n) is 5.54. The maximum Gasteiger partial charge on any atom is 0.0371 e. The van der Waals surface area contributed by atoms with E-state index in [2.05, 4.69) is 5.73 Å². The fraction of sp³-hybridized carbons (Fsp3) is 0.125. The molecule has 1 heteroatoms. The van der Waals surface area contributed by atoms with Crippen LogP contribution in [0.3, 0.4) is 0 Å². The molecule has 1 nitrogen and oxygen atoms in total. The van der Waals surface area contributed by atoms with Crippen molar-refractivity contribution >= 4 is 0 Å². The van der Waals surface area contributed by atoms with Gasteiger partial charge in [0.25, 0.3) is 0 Å². The van der Waals surface area contributed by atoms with Crippen molar-refractivity contribution in [1.29, 1.82) is 0 Å². The molecule has 0 aromatic rings. The van der Waals surface area contributed by atoms with E-state index in [1.54, 1.807) is 6.08 Å². The lowest BCUT2D eigenvalue weighted by Crippen LogP contribution is -1.69. The molecular weight excluding hydrogens is 110 g/mol. The molecule has 0 aliphatic carbocycles. The van der Waals surface area contributed by atoms with E-state index < -0.39 is 0 Å². The summed E-state index contributed by atoms with van der Waals surface area (Å²) in [6, 6.07) is 0. The molecule has 0 rings (SSSR count). The van der Waals surface area contributed by atoms with Gasteiger partial charge in [0.1, 0.15) is 0 Å². The van der Waals surface area contributed by atoms with Gasteiger partial charge >= 0.3 is 0 Å². The van der Waals surface area contributed by atoms with Crippen molar-refractivity contribution in [2.24, 2.45) is 5.73 Å². The van der Waals surface area contributed by atoms with Crippen LogP contribution in [-0.4, -0.2) is 0 Å². The Morgan fingerprint density at radius 3 is 2.56 bits per heavy atom. The number of hydrogen-bond donors (Lipinski definition) is 1. The molecule has 0 radical (unpaired) electrons. The molecule has 0 bridgehead atoms. The monoisotopic (exact) mass is 121 g/mol. The Bertz CT molecular complexity index is 157. The van der Waals surface area contributed by atoms with Gasteiger partial charge in [-0.25, -0.2) is 0 Å². The normalized spacial score (nSPS) is 9.89. The largest absolute Gasteiger partial charge is 0.398 e. The first-order chi connectivity index (χ1) is 4.41. The highest BCUT2D eigenvalue weighted by atomic mass is 14.5. The van der Waals surface area contributed by atoms with Crippen molar-refractivity contribution in [1.82, 2.24) is 0 Å². The van der Waals surface area contributed by atoms with Crippen molar-refractivity contribution in [2.45, 2.75) is 6.92 Å². The van der Waals surface area contributed by atoms with Gasteiger partial charge in [0.05, 0.1) is 0 Å². The molecule has 0 heterocycles. The van der Waals surface area contributed by atoms with Gasteiger partial charge < -0.3 is 5.73 Å². The fourth-order valence-corrected chi connectivity index (χ4v) is 0.342. The predicted molar refractivity (Wildman–Crippen MR) is 40.8 cm³/mol. The number of nitrogens with two attached hydrogens (primary N) is 1. The van der Waals surface area contributed by atoms with E-state index in [0.717, 1.165) is 0 Å². The molecule has 0 saturated carbocycles. The first-order valence-electron chi connectivity index (χ1n) is 2.82. The zero-order valence-corrected chi connectivity index (χ0v) is 5.54. The molecule has 0 aromatic carbocycles. The molecule has 0 aliphatic rings. The van der Waals surface area contributed by atoms with Crippen LogP contribution in [0, 0.1) is 0 Å². The second-order valence-electron chi connectivity index (χ2n) is 1.41. The summed E-state index contributed by atoms with van der Waals surface area (Å²) < 4.78 is 0. The molecule has 0 saturated heterocycles. The zero-order chi connectivity index (χ0) is 6.95. The lowest BCUT2D eigenvalue weighted by molar-refractivity contribution is 1.62. The van der Waals surface area contributed by atoms with Gasteiger partial charge in [-0.15, -0.1) is 5.73 Å². The summed E-state index contributed by atoms with van der Waals surface area (Å²) in [6.07, 6.45) is 10.8. The average Bonchev–Trinajstić information content (AvgIpc) is 1.89. The summed E-state index contributed by atoms with van der Waals surface area (Å²) in [5.74, 6) is 0. The minimum Gasteiger partial charge on any atom is -0.398 e. The third kappa shape index (κ3) is 6.80. The predicted octanol–water partition coefficient (Wildman–Crippen LogP) is 1.75. The summed E-state index contributed by atoms with van der Waals surface area (Å²) in [4.78, 5) is 0. The van der Waals surface area contributed by atoms with Crippen LogP contribution in [-0.2, 0) is 0 Å². The summed E-state index contributed by atoms with van der Waals surface area (Å²) in [5, 5.41) is 0. The molecule has 0 fully saturated rings. The van der Waals surface area contributed by atoms with Crippen LogP contribution in [0.25, 0.3) is 0 Å². The minimum absolute atomic E-state index is 1.38. The van der Waals surface area contributed by atoms with Crippen LogP contribution in [0.2, 0.25) is 0 Å². The molecule has 0 amide bonds. The van der Waals surface area contributed by atoms with Crippen LogP contribution in [0.4, 0.5) is 0 Å². The Morgan fingerprint density at radius 2 is 2.00 bits per heavy atom. The van der Waals surface area contributed by atoms with E-state index in [1.165, 1.54) is 6.20 Å². The third-order valence-electron chi connectivity index (χ3n) is 0.703. The van der Waals surface area contributed by atoms with E-state index in [1.807, 2.05) is 31.2 Å². The Kier molecular flexibility index (Phi) is 5.89. The summed E-state index contributed by atoms with van der Waals surface area (Å²) in [7, 11) is 0. The van der Waals surface area contributed by atoms with Crippen LogP contribution >= 0.6 is 0 Å². The minimum atomic E-state index is 1.38. The van der Waals surface area contributed by atoms with Gasteiger partial charge in [-0.1, -0.05) is 24.3 Å². The van der Waals surface area contributed by atoms with Crippen molar-refractivity contribution < 1.29 is 0 Å². The Labute approximate surface area is 55.9 Å². The third-order valence-corrected chi connectivity index (χ3v) is 0.703. The van der Waals surface area contributed by atoms with Crippen molar-refractivity contribution in [3.63, 3.8) is 0 Å². The lowest BCUT2D eigenvalue weighted by atomic mass is 10.4. The molecular formula is C8H11N. The van der Waals surface area contributed by atoms with Crippen LogP contribution in [0.1, 0.15) is 6.92 Å². The molecule has 2 N–H and O–H groups in total. The van der Waals surface area contributed by atoms with E-state index >= 15 is 0 Å². The van der Waals surface area contributed by atoms with Gasteiger partial charge in [-0.3, -0.25) is 0 Å². The molecule has 0 aromatic heterocycles. The second-order valence-corrected chi connectivity index (χ2v) is 1.41. The first kappa shape index (κ1) is 7.80. The van der Waals surface area contributed by atoms with Crippen molar-refractivity contribution in [2.75, 3.05) is 0 Å². The second kappa shape index (κ2) is 6.80. The summed E-state index contributed by atoms with van der Waals surface area (Å²) in [6.45, 7) is 1.97. The van der Waals surface area contributed by atoms with Gasteiger partial charge in [-0.2, -0.15) is 0 Å². The molecule has 48 valence electrons. The van der Waals surface area contributed by atoms with Crippen molar-refractivity contribution in [3.8, 4) is 0 Å². The number of allylic oxidation sites excluding steroid dienone is 5. The van der Waals surface area contributed by atoms with Crippen molar-refractivity contribution in [3.05, 3.63) is 42.3 Å². The van der Waals surface area contributed by atoms with Gasteiger partial charge in [-0.05, 0) is 13.0 Å². The topological polar surface area (TPSA) is 26.0 Å². The maximum absolute atomic E-state index is 5.02. The quantitative estimate of drug-likeness (QED) is 0.437. The first-order valence-corrected chi connectivity index (χ1v) is 2.82. The summed E-state index contributed by atoms with van der Waals surface area (Å²) >= 11 is 0. The fourth-order valence-electron chi connectivity index (χ4n) is 0.342. The highest BCUT2D eigenvalue weighted by Gasteiger charge is 1.55. The molecule has 0 aliphatic heterocycles. The molecule has 0 atom stereocenters. The summed E-state index contributed by atoms with van der Waals surface area (Å²) in [5.41, 5.74) is 7.74. The Morgan fingerprint density at radius 1 is 1.22 bits per heavy atom. The van der Waals surface area contributed by atoms with Gasteiger partial charge in [0, 0.05) is 6.20 Å². The maximum atomic E-state index is 5.02.